The van der Waals surface area contributed by atoms with Gasteiger partial charge in [0.25, 0.3) is 5.91 Å². The Labute approximate surface area is 167 Å². The molecular formula is C21H21ClN4O2. The zero-order valence-corrected chi connectivity index (χ0v) is 16.3. The second-order valence-electron chi connectivity index (χ2n) is 6.56. The highest BCUT2D eigenvalue weighted by atomic mass is 35.5. The summed E-state index contributed by atoms with van der Waals surface area (Å²) in [4.78, 5) is 17.2. The summed E-state index contributed by atoms with van der Waals surface area (Å²) in [5.41, 5.74) is 3.57. The topological polar surface area (TPSA) is 61.1 Å². The molecule has 2 heterocycles. The van der Waals surface area contributed by atoms with Crippen molar-refractivity contribution in [2.45, 2.75) is 13.1 Å². The van der Waals surface area contributed by atoms with Crippen molar-refractivity contribution in [3.8, 4) is 0 Å². The molecular weight excluding hydrogens is 376 g/mol. The molecule has 7 heteroatoms. The lowest BCUT2D eigenvalue weighted by Crippen LogP contribution is -2.29. The van der Waals surface area contributed by atoms with Crippen molar-refractivity contribution in [1.29, 1.82) is 0 Å². The Morgan fingerprint density at radius 1 is 1.14 bits per heavy atom. The fourth-order valence-corrected chi connectivity index (χ4v) is 3.60. The van der Waals surface area contributed by atoms with Crippen LogP contribution in [0.2, 0.25) is 5.02 Å². The van der Waals surface area contributed by atoms with Crippen LogP contribution in [0.15, 0.2) is 54.9 Å². The molecule has 0 atom stereocenters. The number of amides is 1. The fraction of sp³-hybridized carbons (Fsp3) is 0.238. The molecule has 0 saturated heterocycles. The van der Waals surface area contributed by atoms with Gasteiger partial charge in [-0.05, 0) is 36.4 Å². The molecule has 4 rings (SSSR count). The minimum absolute atomic E-state index is 0.118. The number of hydrogen-bond donors (Lipinski definition) is 1. The summed E-state index contributed by atoms with van der Waals surface area (Å²) in [6.07, 6.45) is 1.80. The number of carbonyl (C=O) groups excluding carboxylic acids is 1. The van der Waals surface area contributed by atoms with E-state index in [9.17, 15) is 4.79 Å². The van der Waals surface area contributed by atoms with Crippen LogP contribution in [-0.4, -0.2) is 40.3 Å². The van der Waals surface area contributed by atoms with Crippen molar-refractivity contribution >= 4 is 39.4 Å². The molecule has 1 N–H and O–H groups in total. The Morgan fingerprint density at radius 3 is 2.86 bits per heavy atom. The van der Waals surface area contributed by atoms with Gasteiger partial charge in [-0.25, -0.2) is 4.98 Å². The van der Waals surface area contributed by atoms with Crippen molar-refractivity contribution in [3.63, 3.8) is 0 Å². The molecule has 1 amide bonds. The highest BCUT2D eigenvalue weighted by molar-refractivity contribution is 6.31. The van der Waals surface area contributed by atoms with Crippen molar-refractivity contribution < 1.29 is 9.53 Å². The predicted octanol–water partition coefficient (Wildman–Crippen LogP) is 3.72. The van der Waals surface area contributed by atoms with Gasteiger partial charge in [-0.15, -0.1) is 0 Å². The number of halogens is 1. The van der Waals surface area contributed by atoms with Crippen LogP contribution in [0.3, 0.4) is 0 Å². The number of rotatable bonds is 7. The lowest BCUT2D eigenvalue weighted by Gasteiger charge is -2.11. The van der Waals surface area contributed by atoms with E-state index in [0.29, 0.717) is 37.0 Å². The normalized spacial score (nSPS) is 11.4. The first-order valence-corrected chi connectivity index (χ1v) is 9.51. The molecule has 0 fully saturated rings. The van der Waals surface area contributed by atoms with Gasteiger partial charge in [0.2, 0.25) is 0 Å². The summed E-state index contributed by atoms with van der Waals surface area (Å²) in [6, 6.07) is 15.5. The second kappa shape index (κ2) is 8.04. The number of carbonyl (C=O) groups is 1. The number of imidazole rings is 1. The number of nitrogens with zero attached hydrogens (tertiary/aromatic N) is 3. The molecule has 2 aromatic heterocycles. The van der Waals surface area contributed by atoms with Crippen LogP contribution in [0.5, 0.6) is 0 Å². The van der Waals surface area contributed by atoms with Crippen LogP contribution in [0, 0.1) is 0 Å². The number of aromatic nitrogens is 3. The molecule has 0 unspecified atom stereocenters. The zero-order chi connectivity index (χ0) is 19.5. The maximum absolute atomic E-state index is 12.8. The van der Waals surface area contributed by atoms with E-state index >= 15 is 0 Å². The average Bonchev–Trinajstić information content (AvgIpc) is 3.27. The predicted molar refractivity (Wildman–Crippen MR) is 111 cm³/mol. The summed E-state index contributed by atoms with van der Waals surface area (Å²) in [6.45, 7) is 2.27. The molecule has 0 aliphatic rings. The van der Waals surface area contributed by atoms with Crippen molar-refractivity contribution in [1.82, 2.24) is 19.4 Å². The van der Waals surface area contributed by atoms with E-state index < -0.39 is 0 Å². The molecule has 0 aliphatic heterocycles. The Kier molecular flexibility index (Phi) is 5.32. The number of fused-ring (bicyclic) bond motifs is 2. The lowest BCUT2D eigenvalue weighted by atomic mass is 10.2. The van der Waals surface area contributed by atoms with E-state index in [4.69, 9.17) is 16.3 Å². The van der Waals surface area contributed by atoms with Gasteiger partial charge in [0.15, 0.2) is 0 Å². The smallest absolute Gasteiger partial charge is 0.268 e. The quantitative estimate of drug-likeness (QED) is 0.518. The maximum atomic E-state index is 12.8. The number of ether oxygens (including phenoxy) is 1. The number of methoxy groups -OCH3 is 1. The van der Waals surface area contributed by atoms with Gasteiger partial charge in [0.1, 0.15) is 5.69 Å². The summed E-state index contributed by atoms with van der Waals surface area (Å²) < 4.78 is 9.21. The van der Waals surface area contributed by atoms with Crippen molar-refractivity contribution in [3.05, 3.63) is 65.6 Å². The minimum atomic E-state index is -0.118. The Balaban J connectivity index is 1.51. The van der Waals surface area contributed by atoms with Crippen LogP contribution < -0.4 is 5.32 Å². The van der Waals surface area contributed by atoms with Gasteiger partial charge in [-0.2, -0.15) is 0 Å². The Morgan fingerprint density at radius 2 is 2.00 bits per heavy atom. The van der Waals surface area contributed by atoms with Gasteiger partial charge in [-0.1, -0.05) is 23.7 Å². The third-order valence-electron chi connectivity index (χ3n) is 4.78. The third-order valence-corrected chi connectivity index (χ3v) is 5.02. The van der Waals surface area contributed by atoms with Gasteiger partial charge < -0.3 is 19.2 Å². The number of benzene rings is 2. The first-order valence-electron chi connectivity index (χ1n) is 9.13. The molecule has 2 aromatic carbocycles. The van der Waals surface area contributed by atoms with E-state index in [0.717, 1.165) is 21.9 Å². The van der Waals surface area contributed by atoms with E-state index in [-0.39, 0.29) is 5.91 Å². The van der Waals surface area contributed by atoms with Gasteiger partial charge in [0, 0.05) is 42.7 Å². The number of nitrogens with one attached hydrogen (secondary N) is 1. The fourth-order valence-electron chi connectivity index (χ4n) is 3.42. The second-order valence-corrected chi connectivity index (χ2v) is 7.00. The lowest BCUT2D eigenvalue weighted by molar-refractivity contribution is 0.0941. The summed E-state index contributed by atoms with van der Waals surface area (Å²) in [5, 5.41) is 4.60. The van der Waals surface area contributed by atoms with Gasteiger partial charge in [0.05, 0.1) is 24.0 Å². The maximum Gasteiger partial charge on any atom is 0.268 e. The van der Waals surface area contributed by atoms with Gasteiger partial charge >= 0.3 is 0 Å². The van der Waals surface area contributed by atoms with Crippen LogP contribution in [0.1, 0.15) is 10.5 Å². The zero-order valence-electron chi connectivity index (χ0n) is 15.6. The molecule has 0 aliphatic carbocycles. The van der Waals surface area contributed by atoms with E-state index in [1.165, 1.54) is 0 Å². The molecule has 144 valence electrons. The highest BCUT2D eigenvalue weighted by Gasteiger charge is 2.15. The largest absolute Gasteiger partial charge is 0.383 e. The monoisotopic (exact) mass is 396 g/mol. The minimum Gasteiger partial charge on any atom is -0.383 e. The van der Waals surface area contributed by atoms with E-state index in [2.05, 4.69) is 10.3 Å². The van der Waals surface area contributed by atoms with Crippen LogP contribution in [0.4, 0.5) is 0 Å². The van der Waals surface area contributed by atoms with Crippen LogP contribution in [-0.2, 0) is 17.8 Å². The summed E-state index contributed by atoms with van der Waals surface area (Å²) >= 11 is 6.11. The SMILES string of the molecule is COCCn1c(C(=O)NCCn2cnc3ccccc32)cc2cc(Cl)ccc21. The molecule has 0 spiro atoms. The Hall–Kier alpha value is -2.83. The standard InChI is InChI=1S/C21H21ClN4O2/c1-28-11-10-26-18-7-6-16(22)12-15(18)13-20(26)21(27)23-8-9-25-14-24-17-4-2-3-5-19(17)25/h2-7,12-14H,8-11H2,1H3,(H,23,27). The van der Waals surface area contributed by atoms with E-state index in [1.807, 2.05) is 57.7 Å². The summed E-state index contributed by atoms with van der Waals surface area (Å²) in [5.74, 6) is -0.118. The molecule has 4 aromatic rings. The van der Waals surface area contributed by atoms with Gasteiger partial charge in [-0.3, -0.25) is 4.79 Å². The summed E-state index contributed by atoms with van der Waals surface area (Å²) in [7, 11) is 1.65. The molecule has 6 nitrogen and oxygen atoms in total. The molecule has 0 bridgehead atoms. The number of hydrogen-bond acceptors (Lipinski definition) is 3. The average molecular weight is 397 g/mol. The van der Waals surface area contributed by atoms with Crippen LogP contribution >= 0.6 is 11.6 Å². The Bertz CT molecular complexity index is 1130. The first-order chi connectivity index (χ1) is 13.7. The molecule has 0 saturated carbocycles. The number of para-hydroxylation sites is 2. The molecule has 0 radical (unpaired) electrons. The van der Waals surface area contributed by atoms with Crippen LogP contribution in [0.25, 0.3) is 21.9 Å². The van der Waals surface area contributed by atoms with Crippen molar-refractivity contribution in [2.24, 2.45) is 0 Å². The first kappa shape index (κ1) is 18.5. The highest BCUT2D eigenvalue weighted by Crippen LogP contribution is 2.23. The van der Waals surface area contributed by atoms with Crippen molar-refractivity contribution in [2.75, 3.05) is 20.3 Å². The van der Waals surface area contributed by atoms with E-state index in [1.54, 1.807) is 13.4 Å². The molecule has 28 heavy (non-hydrogen) atoms. The third kappa shape index (κ3) is 3.61.